The molecule has 0 unspecified atom stereocenters. The van der Waals surface area contributed by atoms with Gasteiger partial charge in [0.25, 0.3) is 5.91 Å². The van der Waals surface area contributed by atoms with Crippen LogP contribution in [-0.2, 0) is 5.72 Å². The Morgan fingerprint density at radius 1 is 0.919 bits per heavy atom. The van der Waals surface area contributed by atoms with Crippen molar-refractivity contribution in [1.29, 1.82) is 0 Å². The number of carbonyl (C=O) groups is 2. The first-order valence-corrected chi connectivity index (χ1v) is 13.0. The van der Waals surface area contributed by atoms with Crippen molar-refractivity contribution in [1.82, 2.24) is 10.2 Å². The number of aromatic hydroxyl groups is 1. The number of nitrogens with zero attached hydrogens (tertiary/aromatic N) is 1. The molecule has 0 saturated heterocycles. The first-order chi connectivity index (χ1) is 17.9. The minimum absolute atomic E-state index is 0.0165. The Bertz CT molecular complexity index is 1530. The predicted molar refractivity (Wildman–Crippen MR) is 139 cm³/mol. The third-order valence-electron chi connectivity index (χ3n) is 8.67. The zero-order valence-electron chi connectivity index (χ0n) is 20.6. The van der Waals surface area contributed by atoms with E-state index in [0.717, 1.165) is 36.8 Å². The first-order valence-electron chi connectivity index (χ1n) is 13.0. The largest absolute Gasteiger partial charge is 0.508 e. The summed E-state index contributed by atoms with van der Waals surface area (Å²) in [6.07, 6.45) is 3.52. The molecule has 0 spiro atoms. The van der Waals surface area contributed by atoms with Gasteiger partial charge < -0.3 is 20.4 Å². The van der Waals surface area contributed by atoms with Gasteiger partial charge in [-0.1, -0.05) is 73.0 Å². The van der Waals surface area contributed by atoms with Gasteiger partial charge in [-0.15, -0.1) is 0 Å². The van der Waals surface area contributed by atoms with Crippen LogP contribution in [0.4, 0.5) is 0 Å². The number of ketones is 1. The molecule has 4 aliphatic rings. The number of nitrogens with one attached hydrogen (secondary N) is 1. The lowest BCUT2D eigenvalue weighted by Gasteiger charge is -2.50. The fourth-order valence-corrected chi connectivity index (χ4v) is 7.09. The van der Waals surface area contributed by atoms with Crippen LogP contribution in [0.1, 0.15) is 74.6 Å². The molecule has 4 atom stereocenters. The second-order valence-corrected chi connectivity index (χ2v) is 10.7. The summed E-state index contributed by atoms with van der Waals surface area (Å²) in [5, 5.41) is 27.9. The van der Waals surface area contributed by atoms with E-state index in [2.05, 4.69) is 5.32 Å². The van der Waals surface area contributed by atoms with Gasteiger partial charge >= 0.3 is 0 Å². The van der Waals surface area contributed by atoms with Gasteiger partial charge in [0.1, 0.15) is 5.75 Å². The summed E-state index contributed by atoms with van der Waals surface area (Å²) < 4.78 is 0. The van der Waals surface area contributed by atoms with Gasteiger partial charge in [0.2, 0.25) is 0 Å². The lowest BCUT2D eigenvalue weighted by molar-refractivity contribution is -0.124. The zero-order chi connectivity index (χ0) is 25.5. The van der Waals surface area contributed by atoms with E-state index in [0.29, 0.717) is 33.5 Å². The van der Waals surface area contributed by atoms with Crippen molar-refractivity contribution in [2.45, 2.75) is 56.3 Å². The molecule has 0 bridgehead atoms. The average Bonchev–Trinajstić information content (AvgIpc) is 3.30. The summed E-state index contributed by atoms with van der Waals surface area (Å²) in [5.41, 5.74) is 2.86. The first kappa shape index (κ1) is 22.3. The molecule has 0 aromatic heterocycles. The van der Waals surface area contributed by atoms with Crippen LogP contribution in [0, 0.1) is 6.92 Å². The van der Waals surface area contributed by atoms with Gasteiger partial charge in [-0.3, -0.25) is 9.59 Å². The Morgan fingerprint density at radius 3 is 2.43 bits per heavy atom. The van der Waals surface area contributed by atoms with Gasteiger partial charge in [0.15, 0.2) is 11.5 Å². The minimum Gasteiger partial charge on any atom is -0.508 e. The molecule has 2 aliphatic heterocycles. The van der Waals surface area contributed by atoms with E-state index >= 15 is 0 Å². The highest BCUT2D eigenvalue weighted by molar-refractivity contribution is 6.21. The van der Waals surface area contributed by atoms with Crippen LogP contribution in [-0.4, -0.2) is 38.9 Å². The van der Waals surface area contributed by atoms with Crippen molar-refractivity contribution >= 4 is 17.4 Å². The average molecular weight is 493 g/mol. The Kier molecular flexibility index (Phi) is 4.70. The molecule has 1 saturated carbocycles. The van der Waals surface area contributed by atoms with Gasteiger partial charge in [0.05, 0.1) is 17.7 Å². The third kappa shape index (κ3) is 2.90. The Labute approximate surface area is 215 Å². The Morgan fingerprint density at radius 2 is 1.62 bits per heavy atom. The van der Waals surface area contributed by atoms with Crippen LogP contribution in [0.15, 0.2) is 72.3 Å². The molecule has 1 fully saturated rings. The molecule has 2 heterocycles. The van der Waals surface area contributed by atoms with Crippen molar-refractivity contribution in [3.8, 4) is 5.75 Å². The van der Waals surface area contributed by atoms with Crippen LogP contribution in [0.5, 0.6) is 5.75 Å². The summed E-state index contributed by atoms with van der Waals surface area (Å²) in [6.45, 7) is 1.91. The van der Waals surface area contributed by atoms with E-state index in [9.17, 15) is 19.8 Å². The van der Waals surface area contributed by atoms with Crippen molar-refractivity contribution in [2.24, 2.45) is 0 Å². The standard InChI is InChI=1S/C31H28N2O4/c1-17-14-15-25(34)21(16-17)27-26-28(18-8-2-3-9-19(18)29(26)35)32-23-12-6-7-13-24(23)33-30(36)20-10-4-5-11-22(20)31(27,33)37/h2-5,8-11,14-16,23-24,27,32,34,37H,6-7,12-13H2,1H3/t23-,24-,27+,31+/m0/s1. The van der Waals surface area contributed by atoms with Crippen molar-refractivity contribution in [3.63, 3.8) is 0 Å². The number of rotatable bonds is 1. The van der Waals surface area contributed by atoms with E-state index in [1.165, 1.54) is 0 Å². The maximum absolute atomic E-state index is 14.2. The molecular weight excluding hydrogens is 464 g/mol. The molecule has 6 heteroatoms. The predicted octanol–water partition coefficient (Wildman–Crippen LogP) is 4.61. The highest BCUT2D eigenvalue weighted by atomic mass is 16.3. The molecule has 7 rings (SSSR count). The maximum atomic E-state index is 14.2. The monoisotopic (exact) mass is 492 g/mol. The van der Waals surface area contributed by atoms with Gasteiger partial charge in [-0.05, 0) is 31.9 Å². The van der Waals surface area contributed by atoms with Crippen molar-refractivity contribution < 1.29 is 19.8 Å². The SMILES string of the molecule is Cc1ccc(O)c([C@@H]2C3=C(N[C@H]4CCCC[C@@H]4N4C(=O)c5ccccc5[C@@]24O)c2ccccc2C3=O)c1. The fourth-order valence-electron chi connectivity index (χ4n) is 7.09. The molecule has 6 nitrogen and oxygen atoms in total. The lowest BCUT2D eigenvalue weighted by atomic mass is 9.74. The smallest absolute Gasteiger partial charge is 0.257 e. The van der Waals surface area contributed by atoms with E-state index in [4.69, 9.17) is 0 Å². The highest BCUT2D eigenvalue weighted by Crippen LogP contribution is 2.57. The molecule has 3 aromatic carbocycles. The molecule has 186 valence electrons. The van der Waals surface area contributed by atoms with Gasteiger partial charge in [-0.25, -0.2) is 0 Å². The van der Waals surface area contributed by atoms with Crippen LogP contribution in [0.25, 0.3) is 5.70 Å². The number of hydrogen-bond acceptors (Lipinski definition) is 5. The quantitative estimate of drug-likeness (QED) is 0.462. The number of carbonyl (C=O) groups excluding carboxylic acids is 2. The number of benzene rings is 3. The molecule has 3 N–H and O–H groups in total. The Balaban J connectivity index is 1.61. The van der Waals surface area contributed by atoms with Crippen LogP contribution in [0.3, 0.4) is 0 Å². The number of phenolic OH excluding ortho intramolecular Hbond substituents is 1. The highest BCUT2D eigenvalue weighted by Gasteiger charge is 2.61. The van der Waals surface area contributed by atoms with Gasteiger partial charge in [-0.2, -0.15) is 0 Å². The normalized spacial score (nSPS) is 27.9. The number of amides is 1. The van der Waals surface area contributed by atoms with Crippen LogP contribution < -0.4 is 5.32 Å². The molecular formula is C31H28N2O4. The zero-order valence-corrected chi connectivity index (χ0v) is 20.6. The second kappa shape index (κ2) is 7.80. The lowest BCUT2D eigenvalue weighted by Crippen LogP contribution is -2.61. The fraction of sp³-hybridized carbons (Fsp3) is 0.290. The number of fused-ring (bicyclic) bond motifs is 7. The molecule has 3 aromatic rings. The summed E-state index contributed by atoms with van der Waals surface area (Å²) in [6, 6.07) is 19.5. The van der Waals surface area contributed by atoms with E-state index in [1.54, 1.807) is 35.2 Å². The van der Waals surface area contributed by atoms with Crippen molar-refractivity contribution in [2.75, 3.05) is 0 Å². The number of aryl methyl sites for hydroxylation is 1. The number of Topliss-reactive ketones (excluding diaryl/α,β-unsaturated/α-hetero) is 1. The van der Waals surface area contributed by atoms with E-state index in [-0.39, 0.29) is 29.5 Å². The third-order valence-corrected chi connectivity index (χ3v) is 8.67. The van der Waals surface area contributed by atoms with Crippen LogP contribution >= 0.6 is 0 Å². The van der Waals surface area contributed by atoms with Crippen molar-refractivity contribution in [3.05, 3.63) is 106 Å². The molecule has 0 radical (unpaired) electrons. The van der Waals surface area contributed by atoms with Gasteiger partial charge in [0, 0.05) is 39.4 Å². The summed E-state index contributed by atoms with van der Waals surface area (Å²) in [7, 11) is 0. The molecule has 2 aliphatic carbocycles. The number of aliphatic hydroxyl groups is 1. The van der Waals surface area contributed by atoms with E-state index < -0.39 is 11.6 Å². The maximum Gasteiger partial charge on any atom is 0.257 e. The minimum atomic E-state index is -1.85. The topological polar surface area (TPSA) is 89.9 Å². The van der Waals surface area contributed by atoms with Crippen LogP contribution in [0.2, 0.25) is 0 Å². The van der Waals surface area contributed by atoms with E-state index in [1.807, 2.05) is 43.3 Å². The summed E-state index contributed by atoms with van der Waals surface area (Å²) in [4.78, 5) is 29.8. The Hall–Kier alpha value is -3.90. The molecule has 1 amide bonds. The summed E-state index contributed by atoms with van der Waals surface area (Å²) >= 11 is 0. The molecule has 37 heavy (non-hydrogen) atoms. The summed E-state index contributed by atoms with van der Waals surface area (Å²) in [5.74, 6) is -1.44. The second-order valence-electron chi connectivity index (χ2n) is 10.7. The number of phenols is 1. The number of hydrogen-bond donors (Lipinski definition) is 3.